The molecular weight excluding hydrogens is 475 g/mol. The first-order valence-electron chi connectivity index (χ1n) is 11.3. The number of hydrogen-bond donors (Lipinski definition) is 3. The van der Waals surface area contributed by atoms with Crippen LogP contribution in [0.25, 0.3) is 10.2 Å². The molecule has 0 radical (unpaired) electrons. The van der Waals surface area contributed by atoms with Crippen LogP contribution in [0.2, 0.25) is 0 Å². The fourth-order valence-corrected chi connectivity index (χ4v) is 5.18. The average molecular weight is 503 g/mol. The van der Waals surface area contributed by atoms with Crippen molar-refractivity contribution in [3.05, 3.63) is 56.7 Å². The molecule has 0 saturated heterocycles. The lowest BCUT2D eigenvalue weighted by Gasteiger charge is -2.26. The number of thiophene rings is 1. The number of hydrogen-bond acceptors (Lipinski definition) is 7. The third-order valence-corrected chi connectivity index (χ3v) is 7.19. The zero-order valence-electron chi connectivity index (χ0n) is 19.3. The molecule has 0 atom stereocenters. The normalized spacial score (nSPS) is 17.9. The third kappa shape index (κ3) is 5.85. The minimum atomic E-state index is -0.551. The molecule has 11 heteroatoms. The van der Waals surface area contributed by atoms with Crippen LogP contribution in [0.3, 0.4) is 0 Å². The Morgan fingerprint density at radius 2 is 2.06 bits per heavy atom. The number of primary amides is 1. The number of amides is 2. The van der Waals surface area contributed by atoms with Gasteiger partial charge in [0.2, 0.25) is 11.7 Å². The Hall–Kier alpha value is -3.31. The molecule has 0 spiro atoms. The molecule has 9 nitrogen and oxygen atoms in total. The molecule has 186 valence electrons. The number of H-pyrrole nitrogens is 1. The Morgan fingerprint density at radius 1 is 1.29 bits per heavy atom. The zero-order valence-corrected chi connectivity index (χ0v) is 20.1. The summed E-state index contributed by atoms with van der Waals surface area (Å²) in [5.74, 6) is -0.972. The van der Waals surface area contributed by atoms with Gasteiger partial charge in [-0.1, -0.05) is 6.07 Å². The van der Waals surface area contributed by atoms with Gasteiger partial charge in [0.05, 0.1) is 19.1 Å². The van der Waals surface area contributed by atoms with Gasteiger partial charge in [-0.15, -0.1) is 11.3 Å². The van der Waals surface area contributed by atoms with Gasteiger partial charge in [0.1, 0.15) is 4.83 Å². The van der Waals surface area contributed by atoms with Gasteiger partial charge in [0.15, 0.2) is 11.6 Å². The summed E-state index contributed by atoms with van der Waals surface area (Å²) < 4.78 is 24.4. The Balaban J connectivity index is 1.35. The summed E-state index contributed by atoms with van der Waals surface area (Å²) in [6.07, 6.45) is 3.36. The van der Waals surface area contributed by atoms with E-state index in [0.717, 1.165) is 31.2 Å². The molecule has 1 saturated carbocycles. The van der Waals surface area contributed by atoms with Crippen LogP contribution in [0, 0.1) is 17.7 Å². The molecule has 1 aromatic carbocycles. The lowest BCUT2D eigenvalue weighted by Crippen LogP contribution is -2.28. The number of nitrogens with zero attached hydrogens (tertiary/aromatic N) is 1. The Labute approximate surface area is 204 Å². The molecule has 0 aliphatic heterocycles. The lowest BCUT2D eigenvalue weighted by atomic mass is 9.82. The molecule has 0 bridgehead atoms. The van der Waals surface area contributed by atoms with E-state index in [4.69, 9.17) is 15.2 Å². The van der Waals surface area contributed by atoms with Crippen molar-refractivity contribution in [1.29, 1.82) is 0 Å². The van der Waals surface area contributed by atoms with Crippen molar-refractivity contribution in [3.8, 4) is 5.75 Å². The van der Waals surface area contributed by atoms with Crippen LogP contribution in [0.4, 0.5) is 4.39 Å². The van der Waals surface area contributed by atoms with Crippen molar-refractivity contribution in [3.63, 3.8) is 0 Å². The van der Waals surface area contributed by atoms with Gasteiger partial charge >= 0.3 is 0 Å². The second-order valence-electron chi connectivity index (χ2n) is 8.64. The number of nitrogens with two attached hydrogens (primary N) is 1. The van der Waals surface area contributed by atoms with E-state index in [9.17, 15) is 18.8 Å². The molecule has 4 rings (SSSR count). The molecule has 2 heterocycles. The maximum absolute atomic E-state index is 13.6. The number of rotatable bonds is 9. The Kier molecular flexibility index (Phi) is 7.76. The van der Waals surface area contributed by atoms with Gasteiger partial charge in [-0.25, -0.2) is 9.37 Å². The number of carbonyl (C=O) groups is 2. The van der Waals surface area contributed by atoms with Gasteiger partial charge in [-0.2, -0.15) is 0 Å². The number of halogens is 1. The van der Waals surface area contributed by atoms with Crippen LogP contribution in [-0.4, -0.2) is 35.5 Å². The predicted octanol–water partition coefficient (Wildman–Crippen LogP) is 2.87. The van der Waals surface area contributed by atoms with Gasteiger partial charge in [-0.05, 0) is 54.7 Å². The molecule has 4 N–H and O–H groups in total. The molecule has 1 aliphatic carbocycles. The summed E-state index contributed by atoms with van der Waals surface area (Å²) in [6, 6.07) is 4.28. The van der Waals surface area contributed by atoms with Crippen LogP contribution in [0.15, 0.2) is 28.4 Å². The first kappa shape index (κ1) is 24.8. The lowest BCUT2D eigenvalue weighted by molar-refractivity contribution is -0.123. The van der Waals surface area contributed by atoms with E-state index in [-0.39, 0.29) is 36.6 Å². The standard InChI is InChI=1S/C24H27FN4O5S/c1-33-18-8-14(4-7-17(18)25)9-27-23(32)21-28-22(31)19-16(12-35-24(19)29-21)11-34-10-13-2-5-15(6-3-13)20(26)30/h4,7-8,12-13,15H,2-3,5-6,9-11H2,1H3,(H2,26,30)(H,27,32)(H,28,29,31). The van der Waals surface area contributed by atoms with E-state index in [0.29, 0.717) is 28.3 Å². The van der Waals surface area contributed by atoms with Crippen LogP contribution < -0.4 is 21.3 Å². The van der Waals surface area contributed by atoms with Crippen molar-refractivity contribution in [1.82, 2.24) is 15.3 Å². The van der Waals surface area contributed by atoms with Crippen LogP contribution in [0.1, 0.15) is 47.4 Å². The van der Waals surface area contributed by atoms with E-state index in [2.05, 4.69) is 15.3 Å². The second-order valence-corrected chi connectivity index (χ2v) is 9.50. The summed E-state index contributed by atoms with van der Waals surface area (Å²) >= 11 is 1.27. The zero-order chi connectivity index (χ0) is 24.9. The van der Waals surface area contributed by atoms with E-state index in [1.54, 1.807) is 0 Å². The quantitative estimate of drug-likeness (QED) is 0.412. The highest BCUT2D eigenvalue weighted by Gasteiger charge is 2.25. The number of aromatic nitrogens is 2. The summed E-state index contributed by atoms with van der Waals surface area (Å²) in [6.45, 7) is 0.920. The maximum atomic E-state index is 13.6. The smallest absolute Gasteiger partial charge is 0.287 e. The summed E-state index contributed by atoms with van der Waals surface area (Å²) in [5, 5.41) is 4.89. The minimum Gasteiger partial charge on any atom is -0.494 e. The average Bonchev–Trinajstić information content (AvgIpc) is 3.27. The van der Waals surface area contributed by atoms with Crippen molar-refractivity contribution in [2.75, 3.05) is 13.7 Å². The molecule has 1 fully saturated rings. The number of aromatic amines is 1. The molecule has 2 aromatic heterocycles. The Bertz CT molecular complexity index is 1280. The molecular formula is C24H27FN4O5S. The first-order chi connectivity index (χ1) is 16.9. The minimum absolute atomic E-state index is 0.0402. The van der Waals surface area contributed by atoms with Gasteiger partial charge in [-0.3, -0.25) is 14.4 Å². The van der Waals surface area contributed by atoms with Crippen LogP contribution >= 0.6 is 11.3 Å². The fraction of sp³-hybridized carbons (Fsp3) is 0.417. The van der Waals surface area contributed by atoms with Crippen molar-refractivity contribution >= 4 is 33.4 Å². The maximum Gasteiger partial charge on any atom is 0.287 e. The van der Waals surface area contributed by atoms with Gasteiger partial charge in [0, 0.05) is 24.6 Å². The largest absolute Gasteiger partial charge is 0.494 e. The van der Waals surface area contributed by atoms with Crippen LogP contribution in [0.5, 0.6) is 5.75 Å². The topological polar surface area (TPSA) is 136 Å². The number of fused-ring (bicyclic) bond motifs is 1. The first-order valence-corrected chi connectivity index (χ1v) is 12.2. The highest BCUT2D eigenvalue weighted by molar-refractivity contribution is 7.16. The number of nitrogens with one attached hydrogen (secondary N) is 2. The summed E-state index contributed by atoms with van der Waals surface area (Å²) in [7, 11) is 1.36. The highest BCUT2D eigenvalue weighted by Crippen LogP contribution is 2.29. The number of ether oxygens (including phenoxy) is 2. The summed E-state index contributed by atoms with van der Waals surface area (Å²) in [5.41, 5.74) is 6.33. The third-order valence-electron chi connectivity index (χ3n) is 6.26. The fourth-order valence-electron chi connectivity index (χ4n) is 4.25. The molecule has 3 aromatic rings. The molecule has 2 amide bonds. The highest BCUT2D eigenvalue weighted by atomic mass is 32.1. The van der Waals surface area contributed by atoms with Crippen molar-refractivity contribution in [2.45, 2.75) is 38.8 Å². The van der Waals surface area contributed by atoms with E-state index < -0.39 is 17.3 Å². The van der Waals surface area contributed by atoms with E-state index in [1.807, 2.05) is 5.38 Å². The van der Waals surface area contributed by atoms with Gasteiger partial charge in [0.25, 0.3) is 11.5 Å². The van der Waals surface area contributed by atoms with E-state index >= 15 is 0 Å². The van der Waals surface area contributed by atoms with Crippen LogP contribution in [-0.2, 0) is 22.7 Å². The molecule has 1 aliphatic rings. The van der Waals surface area contributed by atoms with Crippen molar-refractivity contribution in [2.24, 2.45) is 17.6 Å². The number of methoxy groups -OCH3 is 1. The predicted molar refractivity (Wildman–Crippen MR) is 129 cm³/mol. The number of carbonyl (C=O) groups excluding carboxylic acids is 2. The van der Waals surface area contributed by atoms with E-state index in [1.165, 1.54) is 36.6 Å². The SMILES string of the molecule is COc1cc(CNC(=O)c2nc3scc(COCC4CCC(C(N)=O)CC4)c3c(=O)[nH]2)ccc1F. The Morgan fingerprint density at radius 3 is 2.77 bits per heavy atom. The molecule has 35 heavy (non-hydrogen) atoms. The van der Waals surface area contributed by atoms with Crippen molar-refractivity contribution < 1.29 is 23.5 Å². The van der Waals surface area contributed by atoms with Gasteiger partial charge < -0.3 is 25.5 Å². The number of benzene rings is 1. The second kappa shape index (κ2) is 11.0. The monoisotopic (exact) mass is 502 g/mol. The summed E-state index contributed by atoms with van der Waals surface area (Å²) in [4.78, 5) is 43.9. The molecule has 0 unspecified atom stereocenters.